The second kappa shape index (κ2) is 395. The molecule has 90 valence electrons. The van der Waals surface area contributed by atoms with Gasteiger partial charge in [0.25, 0.3) is 0 Å². The summed E-state index contributed by atoms with van der Waals surface area (Å²) in [5.74, 6) is 0. The zero-order valence-electron chi connectivity index (χ0n) is 6.91. The molecule has 0 aliphatic rings. The van der Waals surface area contributed by atoms with Gasteiger partial charge in [0, 0.05) is 40.2 Å². The van der Waals surface area contributed by atoms with E-state index in [1.807, 2.05) is 0 Å². The van der Waals surface area contributed by atoms with Crippen LogP contribution in [0.3, 0.4) is 0 Å². The van der Waals surface area contributed by atoms with Crippen LogP contribution in [0.4, 0.5) is 0 Å². The van der Waals surface area contributed by atoms with Crippen molar-refractivity contribution in [2.75, 3.05) is 0 Å². The van der Waals surface area contributed by atoms with Crippen LogP contribution in [-0.2, 0) is 128 Å². The minimum atomic E-state index is 0. The van der Waals surface area contributed by atoms with Crippen LogP contribution in [0, 0.1) is 0 Å². The van der Waals surface area contributed by atoms with E-state index < -0.39 is 0 Å². The molecule has 2 radical (unpaired) electrons. The summed E-state index contributed by atoms with van der Waals surface area (Å²) >= 11 is 0. The summed E-state index contributed by atoms with van der Waals surface area (Å²) in [6.45, 7) is 0. The molecule has 0 aliphatic carbocycles. The summed E-state index contributed by atoms with van der Waals surface area (Å²) < 4.78 is 0. The van der Waals surface area contributed by atoms with Gasteiger partial charge in [0.2, 0.25) is 0 Å². The van der Waals surface area contributed by atoms with Gasteiger partial charge in [-0.25, -0.2) is 0 Å². The summed E-state index contributed by atoms with van der Waals surface area (Å²) in [6, 6.07) is 0. The molecule has 0 N–H and O–H groups in total. The smallest absolute Gasteiger partial charge is 2.00 e. The molecule has 9 nitrogen and oxygen atoms in total. The second-order valence-electron chi connectivity index (χ2n) is 0. The Hall–Kier alpha value is 3.46. The van der Waals surface area contributed by atoms with Crippen molar-refractivity contribution in [2.45, 2.75) is 0 Å². The Morgan fingerprint density at radius 1 is 0.267 bits per heavy atom. The van der Waals surface area contributed by atoms with Crippen molar-refractivity contribution in [3.05, 3.63) is 0 Å². The molecule has 0 amide bonds. The summed E-state index contributed by atoms with van der Waals surface area (Å²) in [5.41, 5.74) is 0. The third-order valence-electron chi connectivity index (χ3n) is 0. The molecule has 0 aromatic rings. The molecule has 0 aromatic heterocycles. The minimum absolute atomic E-state index is 0. The first-order chi connectivity index (χ1) is 0. The van der Waals surface area contributed by atoms with Crippen molar-refractivity contribution in [1.29, 1.82) is 0 Å². The van der Waals surface area contributed by atoms with E-state index in [1.54, 1.807) is 0 Å². The van der Waals surface area contributed by atoms with Gasteiger partial charge in [-0.3, -0.25) is 0 Å². The van der Waals surface area contributed by atoms with Gasteiger partial charge in [0.1, 0.15) is 0 Å². The van der Waals surface area contributed by atoms with E-state index in [0.717, 1.165) is 0 Å². The molecule has 0 fully saturated rings. The maximum Gasteiger partial charge on any atom is 3.00 e. The SMILES string of the molecule is [Ga+3].[Ga+3].[Ir].[Ir].[O-2].[O-2].[O-2].[O-2].[O-2].[O-2].[O-2].[O-2].[O-2].[Zn+2].[Zn+2]. The van der Waals surface area contributed by atoms with E-state index in [1.165, 1.54) is 0 Å². The van der Waals surface area contributed by atoms with Crippen molar-refractivity contribution in [1.82, 2.24) is 0 Å². The van der Waals surface area contributed by atoms with Gasteiger partial charge >= 0.3 is 78.5 Å². The summed E-state index contributed by atoms with van der Waals surface area (Å²) in [5, 5.41) is 0. The molecule has 0 aliphatic heterocycles. The van der Waals surface area contributed by atoms with Crippen LogP contribution in [0.2, 0.25) is 0 Å². The fraction of sp³-hybridized carbons (Fsp3) is 0. The van der Waals surface area contributed by atoms with E-state index >= 15 is 0 Å². The Morgan fingerprint density at radius 3 is 0.267 bits per heavy atom. The van der Waals surface area contributed by atoms with E-state index in [-0.39, 0.29) is 168 Å². The van der Waals surface area contributed by atoms with Crippen LogP contribution in [0.1, 0.15) is 0 Å². The molecule has 0 aromatic carbocycles. The number of hydrogen-bond donors (Lipinski definition) is 0. The molecule has 0 spiro atoms. The van der Waals surface area contributed by atoms with Crippen molar-refractivity contribution < 1.29 is 128 Å². The predicted molar refractivity (Wildman–Crippen MR) is 17.7 cm³/mol. The van der Waals surface area contributed by atoms with E-state index in [0.29, 0.717) is 0 Å². The van der Waals surface area contributed by atoms with Gasteiger partial charge in [0.15, 0.2) is 0 Å². The van der Waals surface area contributed by atoms with Gasteiger partial charge in [0.05, 0.1) is 0 Å². The maximum absolute atomic E-state index is 0. The van der Waals surface area contributed by atoms with Gasteiger partial charge in [-0.05, 0) is 0 Å². The normalized spacial score (nSPS) is 0. The van der Waals surface area contributed by atoms with Crippen LogP contribution < -0.4 is 0 Å². The Bertz CT molecular complexity index is 24.1. The molecule has 0 rings (SSSR count). The van der Waals surface area contributed by atoms with Crippen LogP contribution in [0.15, 0.2) is 0 Å². The van der Waals surface area contributed by atoms with Crippen molar-refractivity contribution in [3.63, 3.8) is 0 Å². The molecule has 0 unspecified atom stereocenters. The first-order valence-electron chi connectivity index (χ1n) is 0. The Morgan fingerprint density at radius 2 is 0.267 bits per heavy atom. The summed E-state index contributed by atoms with van der Waals surface area (Å²) in [7, 11) is 0. The molecule has 15 heteroatoms. The van der Waals surface area contributed by atoms with Crippen LogP contribution in [0.5, 0.6) is 0 Å². The van der Waals surface area contributed by atoms with Crippen LogP contribution in [0.25, 0.3) is 0 Å². The molecule has 0 saturated heterocycles. The third kappa shape index (κ3) is 349. The zero-order chi connectivity index (χ0) is 0. The Labute approximate surface area is 166 Å². The molecular weight excluding hydrogens is 799 g/mol. The van der Waals surface area contributed by atoms with Crippen LogP contribution in [-0.4, -0.2) is 39.6 Å². The van der Waals surface area contributed by atoms with Crippen LogP contribution >= 0.6 is 0 Å². The third-order valence-corrected chi connectivity index (χ3v) is 0. The average molecular weight is 799 g/mol. The quantitative estimate of drug-likeness (QED) is 0.245. The standard InChI is InChI=1S/2Ga.2Ir.9O.2Zn/q2*+3;;;9*-2;2*+2. The van der Waals surface area contributed by atoms with E-state index in [9.17, 15) is 0 Å². The van der Waals surface area contributed by atoms with Gasteiger partial charge in [-0.1, -0.05) is 0 Å². The largest absolute Gasteiger partial charge is 3.00 e. The first-order valence-corrected chi connectivity index (χ1v) is 0. The molecule has 15 heavy (non-hydrogen) atoms. The molecule has 0 saturated carbocycles. The topological polar surface area (TPSA) is 256 Å². The Kier molecular flexibility index (Phi) is 12400. The minimum Gasteiger partial charge on any atom is -2.00 e. The fourth-order valence-electron chi connectivity index (χ4n) is 0. The van der Waals surface area contributed by atoms with Gasteiger partial charge < -0.3 is 49.3 Å². The monoisotopic (exact) mass is 796 g/mol. The van der Waals surface area contributed by atoms with E-state index in [4.69, 9.17) is 0 Å². The van der Waals surface area contributed by atoms with Crippen molar-refractivity contribution in [3.8, 4) is 0 Å². The average Bonchev–Trinajstić information content (AvgIpc) is 0. The second-order valence-corrected chi connectivity index (χ2v) is 0. The summed E-state index contributed by atoms with van der Waals surface area (Å²) in [6.07, 6.45) is 0. The molecule has 0 bridgehead atoms. The van der Waals surface area contributed by atoms with Gasteiger partial charge in [-0.15, -0.1) is 0 Å². The van der Waals surface area contributed by atoms with Crippen molar-refractivity contribution >= 4 is 39.6 Å². The Balaban J connectivity index is 0. The molecule has 0 atom stereocenters. The predicted octanol–water partition coefficient (Wildman–Crippen LogP) is -1.84. The maximum atomic E-state index is 0. The van der Waals surface area contributed by atoms with Crippen molar-refractivity contribution in [2.24, 2.45) is 0 Å². The fourth-order valence-corrected chi connectivity index (χ4v) is 0. The number of hydrogen-bond acceptors (Lipinski definition) is 0. The van der Waals surface area contributed by atoms with Gasteiger partial charge in [-0.2, -0.15) is 0 Å². The first kappa shape index (κ1) is 470. The zero-order valence-corrected chi connectivity index (χ0v) is 22.5. The molecule has 0 heterocycles. The molecular formula is Ga2Ir2O9Zn2-8. The number of rotatable bonds is 0. The van der Waals surface area contributed by atoms with E-state index in [2.05, 4.69) is 0 Å². The summed E-state index contributed by atoms with van der Waals surface area (Å²) in [4.78, 5) is 0.